The van der Waals surface area contributed by atoms with E-state index in [0.717, 1.165) is 24.2 Å². The third-order valence-corrected chi connectivity index (χ3v) is 3.56. The first kappa shape index (κ1) is 16.0. The minimum absolute atomic E-state index is 0.0287. The molecule has 2 amide bonds. The number of nitrogens with zero attached hydrogens (tertiary/aromatic N) is 1. The van der Waals surface area contributed by atoms with Gasteiger partial charge >= 0.3 is 6.09 Å². The summed E-state index contributed by atoms with van der Waals surface area (Å²) in [6, 6.07) is -0.880. The second-order valence-corrected chi connectivity index (χ2v) is 6.62. The van der Waals surface area contributed by atoms with E-state index in [-0.39, 0.29) is 19.1 Å². The van der Waals surface area contributed by atoms with Gasteiger partial charge in [-0.05, 0) is 40.0 Å². The van der Waals surface area contributed by atoms with Gasteiger partial charge in [0.15, 0.2) is 0 Å². The third-order valence-electron chi connectivity index (χ3n) is 3.56. The fourth-order valence-corrected chi connectivity index (χ4v) is 2.25. The SMILES string of the molecule is CC(C)(C)OC(=O)N1C[C@@H](F)C[C@H]1C(=O)NOC1CCC1. The topological polar surface area (TPSA) is 67.9 Å². The van der Waals surface area contributed by atoms with Crippen LogP contribution in [0.25, 0.3) is 0 Å². The fraction of sp³-hybridized carbons (Fsp3) is 0.857. The van der Waals surface area contributed by atoms with Crippen LogP contribution in [0, 0.1) is 0 Å². The smallest absolute Gasteiger partial charge is 0.411 e. The number of hydrogen-bond acceptors (Lipinski definition) is 4. The van der Waals surface area contributed by atoms with Gasteiger partial charge in [-0.25, -0.2) is 14.7 Å². The summed E-state index contributed by atoms with van der Waals surface area (Å²) in [5, 5.41) is 0. The van der Waals surface area contributed by atoms with E-state index in [9.17, 15) is 14.0 Å². The lowest BCUT2D eigenvalue weighted by Crippen LogP contribution is -2.48. The lowest BCUT2D eigenvalue weighted by molar-refractivity contribution is -0.147. The van der Waals surface area contributed by atoms with Crippen molar-refractivity contribution in [3.63, 3.8) is 0 Å². The molecule has 0 bridgehead atoms. The molecular formula is C14H23FN2O4. The molecule has 0 aromatic rings. The Morgan fingerprint density at radius 2 is 1.95 bits per heavy atom. The van der Waals surface area contributed by atoms with E-state index in [1.807, 2.05) is 0 Å². The molecule has 6 nitrogen and oxygen atoms in total. The minimum Gasteiger partial charge on any atom is -0.444 e. The molecule has 1 aliphatic carbocycles. The van der Waals surface area contributed by atoms with Crippen LogP contribution in [0.5, 0.6) is 0 Å². The normalized spacial score (nSPS) is 26.4. The van der Waals surface area contributed by atoms with Crippen molar-refractivity contribution < 1.29 is 23.6 Å². The lowest BCUT2D eigenvalue weighted by Gasteiger charge is -2.29. The molecule has 2 rings (SSSR count). The molecule has 0 aromatic heterocycles. The zero-order valence-corrected chi connectivity index (χ0v) is 12.7. The average Bonchev–Trinajstić information content (AvgIpc) is 2.67. The van der Waals surface area contributed by atoms with Crippen molar-refractivity contribution >= 4 is 12.0 Å². The highest BCUT2D eigenvalue weighted by Gasteiger charge is 2.42. The molecular weight excluding hydrogens is 279 g/mol. The van der Waals surface area contributed by atoms with Gasteiger partial charge < -0.3 is 4.74 Å². The molecule has 1 heterocycles. The van der Waals surface area contributed by atoms with E-state index in [0.29, 0.717) is 0 Å². The molecule has 7 heteroatoms. The van der Waals surface area contributed by atoms with Gasteiger partial charge in [0.1, 0.15) is 17.8 Å². The predicted octanol–water partition coefficient (Wildman–Crippen LogP) is 1.93. The highest BCUT2D eigenvalue weighted by molar-refractivity contribution is 5.85. The number of halogens is 1. The Morgan fingerprint density at radius 3 is 2.48 bits per heavy atom. The number of ether oxygens (including phenoxy) is 1. The zero-order chi connectivity index (χ0) is 15.6. The molecule has 0 aromatic carbocycles. The fourth-order valence-electron chi connectivity index (χ4n) is 2.25. The minimum atomic E-state index is -1.23. The number of hydroxylamine groups is 1. The zero-order valence-electron chi connectivity index (χ0n) is 12.7. The van der Waals surface area contributed by atoms with Gasteiger partial charge in [0.05, 0.1) is 12.6 Å². The Hall–Kier alpha value is -1.37. The summed E-state index contributed by atoms with van der Waals surface area (Å²) in [5.74, 6) is -0.493. The van der Waals surface area contributed by atoms with Crippen LogP contribution in [0.15, 0.2) is 0 Å². The lowest BCUT2D eigenvalue weighted by atomic mass is 9.97. The molecule has 1 saturated heterocycles. The molecule has 1 aliphatic heterocycles. The van der Waals surface area contributed by atoms with E-state index >= 15 is 0 Å². The van der Waals surface area contributed by atoms with Gasteiger partial charge in [-0.2, -0.15) is 0 Å². The second kappa shape index (κ2) is 6.17. The van der Waals surface area contributed by atoms with Crippen molar-refractivity contribution in [2.45, 2.75) is 70.4 Å². The summed E-state index contributed by atoms with van der Waals surface area (Å²) in [5.41, 5.74) is 1.65. The Morgan fingerprint density at radius 1 is 1.29 bits per heavy atom. The molecule has 2 aliphatic rings. The molecule has 2 atom stereocenters. The van der Waals surface area contributed by atoms with Gasteiger partial charge in [0.25, 0.3) is 5.91 Å². The molecule has 0 spiro atoms. The van der Waals surface area contributed by atoms with Crippen LogP contribution in [0.3, 0.4) is 0 Å². The monoisotopic (exact) mass is 302 g/mol. The number of likely N-dealkylation sites (tertiary alicyclic amines) is 1. The van der Waals surface area contributed by atoms with Crippen LogP contribution in [0.4, 0.5) is 9.18 Å². The molecule has 21 heavy (non-hydrogen) atoms. The van der Waals surface area contributed by atoms with Crippen molar-refractivity contribution in [2.24, 2.45) is 0 Å². The first-order valence-corrected chi connectivity index (χ1v) is 7.35. The van der Waals surface area contributed by atoms with Crippen LogP contribution < -0.4 is 5.48 Å². The van der Waals surface area contributed by atoms with Crippen LogP contribution in [-0.4, -0.2) is 47.4 Å². The number of rotatable bonds is 3. The molecule has 120 valence electrons. The highest BCUT2D eigenvalue weighted by atomic mass is 19.1. The summed E-state index contributed by atoms with van der Waals surface area (Å²) in [4.78, 5) is 30.5. The first-order chi connectivity index (χ1) is 9.76. The Kier molecular flexibility index (Phi) is 4.70. The molecule has 0 radical (unpaired) electrons. The van der Waals surface area contributed by atoms with E-state index in [1.165, 1.54) is 0 Å². The van der Waals surface area contributed by atoms with Gasteiger partial charge in [0, 0.05) is 6.42 Å². The van der Waals surface area contributed by atoms with Gasteiger partial charge in [0.2, 0.25) is 0 Å². The van der Waals surface area contributed by atoms with Crippen molar-refractivity contribution in [2.75, 3.05) is 6.54 Å². The van der Waals surface area contributed by atoms with Crippen molar-refractivity contribution in [3.8, 4) is 0 Å². The quantitative estimate of drug-likeness (QED) is 0.809. The predicted molar refractivity (Wildman–Crippen MR) is 73.1 cm³/mol. The van der Waals surface area contributed by atoms with E-state index in [2.05, 4.69) is 5.48 Å². The Balaban J connectivity index is 1.91. The maximum atomic E-state index is 13.6. The van der Waals surface area contributed by atoms with E-state index in [1.54, 1.807) is 20.8 Å². The molecule has 0 unspecified atom stereocenters. The Labute approximate surface area is 123 Å². The van der Waals surface area contributed by atoms with Crippen LogP contribution in [0.1, 0.15) is 46.5 Å². The molecule has 1 saturated carbocycles. The number of amides is 2. The van der Waals surface area contributed by atoms with Crippen molar-refractivity contribution in [1.29, 1.82) is 0 Å². The van der Waals surface area contributed by atoms with Crippen molar-refractivity contribution in [3.05, 3.63) is 0 Å². The molecule has 2 fully saturated rings. The molecule has 1 N–H and O–H groups in total. The Bertz CT molecular complexity index is 406. The largest absolute Gasteiger partial charge is 0.444 e. The number of alkyl halides is 1. The average molecular weight is 302 g/mol. The number of carbonyl (C=O) groups excluding carboxylic acids is 2. The number of carbonyl (C=O) groups is 2. The summed E-state index contributed by atoms with van der Waals surface area (Å²) in [6.45, 7) is 5.05. The number of nitrogens with one attached hydrogen (secondary N) is 1. The van der Waals surface area contributed by atoms with E-state index < -0.39 is 29.8 Å². The first-order valence-electron chi connectivity index (χ1n) is 7.35. The van der Waals surface area contributed by atoms with E-state index in [4.69, 9.17) is 9.57 Å². The van der Waals surface area contributed by atoms with Crippen molar-refractivity contribution in [1.82, 2.24) is 10.4 Å². The van der Waals surface area contributed by atoms with Gasteiger partial charge in [-0.1, -0.05) is 0 Å². The summed E-state index contributed by atoms with van der Waals surface area (Å²) in [7, 11) is 0. The van der Waals surface area contributed by atoms with Gasteiger partial charge in [-0.15, -0.1) is 0 Å². The second-order valence-electron chi connectivity index (χ2n) is 6.62. The van der Waals surface area contributed by atoms with Gasteiger partial charge in [-0.3, -0.25) is 14.5 Å². The van der Waals surface area contributed by atoms with Crippen LogP contribution >= 0.6 is 0 Å². The highest BCUT2D eigenvalue weighted by Crippen LogP contribution is 2.24. The van der Waals surface area contributed by atoms with Crippen LogP contribution in [0.2, 0.25) is 0 Å². The summed E-state index contributed by atoms with van der Waals surface area (Å²) < 4.78 is 18.8. The third kappa shape index (κ3) is 4.30. The standard InChI is InChI=1S/C14H23FN2O4/c1-14(2,3)20-13(19)17-8-9(15)7-11(17)12(18)16-21-10-5-4-6-10/h9-11H,4-8H2,1-3H3,(H,16,18)/t9-,11-/m0/s1. The maximum absolute atomic E-state index is 13.6. The number of hydrogen-bond donors (Lipinski definition) is 1. The summed E-state index contributed by atoms with van der Waals surface area (Å²) in [6.07, 6.45) is 1.01. The van der Waals surface area contributed by atoms with Crippen LogP contribution in [-0.2, 0) is 14.4 Å². The summed E-state index contributed by atoms with van der Waals surface area (Å²) >= 11 is 0. The maximum Gasteiger partial charge on any atom is 0.411 e.